The van der Waals surface area contributed by atoms with Crippen molar-refractivity contribution < 1.29 is 18.7 Å². The number of hydrogen-bond donors (Lipinski definition) is 1. The predicted molar refractivity (Wildman–Crippen MR) is 41.4 cm³/mol. The van der Waals surface area contributed by atoms with Crippen molar-refractivity contribution in [3.8, 4) is 0 Å². The molecule has 0 aliphatic carbocycles. The summed E-state index contributed by atoms with van der Waals surface area (Å²) >= 11 is 0. The molecule has 1 N–H and O–H groups in total. The highest BCUT2D eigenvalue weighted by molar-refractivity contribution is 5.85. The summed E-state index contributed by atoms with van der Waals surface area (Å²) < 4.78 is 22.0. The molecule has 0 bridgehead atoms. The number of aliphatic hydroxyl groups is 1. The van der Waals surface area contributed by atoms with Crippen LogP contribution in [-0.2, 0) is 4.84 Å². The Balaban J connectivity index is 0.000000217. The van der Waals surface area contributed by atoms with Crippen molar-refractivity contribution in [3.63, 3.8) is 0 Å². The fraction of sp³-hybridized carbons (Fsp3) is 0.857. The molecule has 0 aromatic rings. The number of nitrogens with zero attached hydrogens (tertiary/aromatic N) is 1. The molecule has 1 rings (SSSR count). The Kier molecular flexibility index (Phi) is 4.73. The molecule has 0 unspecified atom stereocenters. The number of oxime groups is 1. The normalized spacial score (nSPS) is 15.9. The van der Waals surface area contributed by atoms with E-state index in [2.05, 4.69) is 9.99 Å². The lowest BCUT2D eigenvalue weighted by Gasteiger charge is -1.94. The standard InChI is InChI=1S/C4H7NO2.C3H6F2/c6-3-4-1-2-7-5-4;1-3(2,4)5/h6H,1-3H2;1-2H3. The molecule has 0 spiro atoms. The van der Waals surface area contributed by atoms with E-state index in [9.17, 15) is 8.78 Å². The van der Waals surface area contributed by atoms with E-state index in [1.165, 1.54) is 0 Å². The monoisotopic (exact) mass is 181 g/mol. The molecule has 0 saturated carbocycles. The molecule has 0 amide bonds. The first kappa shape index (κ1) is 11.3. The third-order valence-corrected chi connectivity index (χ3v) is 0.858. The van der Waals surface area contributed by atoms with Gasteiger partial charge in [0.05, 0.1) is 12.3 Å². The second-order valence-electron chi connectivity index (χ2n) is 2.73. The van der Waals surface area contributed by atoms with Gasteiger partial charge in [0.2, 0.25) is 5.92 Å². The summed E-state index contributed by atoms with van der Waals surface area (Å²) in [6.07, 6.45) is 0.788. The molecule has 0 radical (unpaired) electrons. The average molecular weight is 181 g/mol. The highest BCUT2D eigenvalue weighted by atomic mass is 19.3. The van der Waals surface area contributed by atoms with Crippen LogP contribution in [0.15, 0.2) is 5.16 Å². The molecule has 0 aromatic carbocycles. The van der Waals surface area contributed by atoms with Crippen molar-refractivity contribution in [1.29, 1.82) is 0 Å². The van der Waals surface area contributed by atoms with Gasteiger partial charge in [-0.2, -0.15) is 0 Å². The van der Waals surface area contributed by atoms with Gasteiger partial charge in [0.15, 0.2) is 0 Å². The minimum Gasteiger partial charge on any atom is -0.395 e. The van der Waals surface area contributed by atoms with E-state index in [0.29, 0.717) is 6.61 Å². The van der Waals surface area contributed by atoms with E-state index < -0.39 is 5.92 Å². The summed E-state index contributed by atoms with van der Waals surface area (Å²) in [7, 11) is 0. The van der Waals surface area contributed by atoms with E-state index in [4.69, 9.17) is 5.11 Å². The summed E-state index contributed by atoms with van der Waals surface area (Å²) in [6.45, 7) is 2.38. The Morgan fingerprint density at radius 1 is 1.58 bits per heavy atom. The summed E-state index contributed by atoms with van der Waals surface area (Å²) in [5.74, 6) is -2.50. The van der Waals surface area contributed by atoms with Crippen molar-refractivity contribution in [2.24, 2.45) is 5.16 Å². The van der Waals surface area contributed by atoms with E-state index in [1.54, 1.807) is 0 Å². The molecule has 1 heterocycles. The molecule has 12 heavy (non-hydrogen) atoms. The molecule has 0 fully saturated rings. The predicted octanol–water partition coefficient (Wildman–Crippen LogP) is 1.42. The Hall–Kier alpha value is -0.710. The molecule has 0 saturated heterocycles. The van der Waals surface area contributed by atoms with Crippen LogP contribution in [0.4, 0.5) is 8.78 Å². The zero-order chi connectivity index (χ0) is 9.61. The zero-order valence-electron chi connectivity index (χ0n) is 7.18. The number of rotatable bonds is 1. The average Bonchev–Trinajstić information content (AvgIpc) is 2.33. The van der Waals surface area contributed by atoms with Gasteiger partial charge >= 0.3 is 0 Å². The van der Waals surface area contributed by atoms with Crippen LogP contribution in [0.2, 0.25) is 0 Å². The first-order valence-corrected chi connectivity index (χ1v) is 3.60. The first-order chi connectivity index (χ1) is 5.43. The van der Waals surface area contributed by atoms with Gasteiger partial charge in [0, 0.05) is 6.42 Å². The van der Waals surface area contributed by atoms with Crippen LogP contribution >= 0.6 is 0 Å². The third-order valence-electron chi connectivity index (χ3n) is 0.858. The van der Waals surface area contributed by atoms with Gasteiger partial charge in [-0.3, -0.25) is 0 Å². The Bertz CT molecular complexity index is 148. The molecular weight excluding hydrogens is 168 g/mol. The van der Waals surface area contributed by atoms with Gasteiger partial charge in [0.25, 0.3) is 0 Å². The van der Waals surface area contributed by atoms with Gasteiger partial charge < -0.3 is 9.94 Å². The number of halogens is 2. The van der Waals surface area contributed by atoms with Gasteiger partial charge in [-0.15, -0.1) is 0 Å². The topological polar surface area (TPSA) is 41.8 Å². The van der Waals surface area contributed by atoms with Gasteiger partial charge in [0.1, 0.15) is 6.61 Å². The lowest BCUT2D eigenvalue weighted by molar-refractivity contribution is 0.0437. The molecule has 3 nitrogen and oxygen atoms in total. The van der Waals surface area contributed by atoms with Crippen molar-refractivity contribution in [3.05, 3.63) is 0 Å². The van der Waals surface area contributed by atoms with Crippen molar-refractivity contribution in [1.82, 2.24) is 0 Å². The van der Waals surface area contributed by atoms with Gasteiger partial charge in [-0.25, -0.2) is 8.78 Å². The molecule has 0 aromatic heterocycles. The molecule has 1 aliphatic heterocycles. The van der Waals surface area contributed by atoms with E-state index in [1.807, 2.05) is 0 Å². The van der Waals surface area contributed by atoms with Crippen LogP contribution in [0.25, 0.3) is 0 Å². The van der Waals surface area contributed by atoms with E-state index >= 15 is 0 Å². The van der Waals surface area contributed by atoms with Crippen LogP contribution in [0.1, 0.15) is 20.3 Å². The van der Waals surface area contributed by atoms with Crippen LogP contribution in [0, 0.1) is 0 Å². The van der Waals surface area contributed by atoms with Gasteiger partial charge in [-0.05, 0) is 13.8 Å². The first-order valence-electron chi connectivity index (χ1n) is 3.60. The molecule has 0 atom stereocenters. The highest BCUT2D eigenvalue weighted by Crippen LogP contribution is 2.06. The van der Waals surface area contributed by atoms with Crippen molar-refractivity contribution in [2.75, 3.05) is 13.2 Å². The zero-order valence-corrected chi connectivity index (χ0v) is 7.18. The minimum atomic E-state index is -2.50. The smallest absolute Gasteiger partial charge is 0.242 e. The van der Waals surface area contributed by atoms with Crippen molar-refractivity contribution >= 4 is 5.71 Å². The van der Waals surface area contributed by atoms with Crippen LogP contribution < -0.4 is 0 Å². The summed E-state index contributed by atoms with van der Waals surface area (Å²) in [5.41, 5.74) is 0.750. The number of alkyl halides is 2. The molecule has 5 heteroatoms. The van der Waals surface area contributed by atoms with E-state index in [0.717, 1.165) is 26.0 Å². The maximum absolute atomic E-state index is 11.0. The second-order valence-corrected chi connectivity index (χ2v) is 2.73. The molecule has 1 aliphatic rings. The highest BCUT2D eigenvalue weighted by Gasteiger charge is 2.08. The van der Waals surface area contributed by atoms with Crippen LogP contribution in [0.5, 0.6) is 0 Å². The Morgan fingerprint density at radius 3 is 2.25 bits per heavy atom. The SMILES string of the molecule is CC(C)(F)F.OCC1=NOCC1. The fourth-order valence-electron chi connectivity index (χ4n) is 0.454. The minimum absolute atomic E-state index is 0.0417. The quantitative estimate of drug-likeness (QED) is 0.664. The number of hydrogen-bond acceptors (Lipinski definition) is 3. The Morgan fingerprint density at radius 2 is 2.08 bits per heavy atom. The summed E-state index contributed by atoms with van der Waals surface area (Å²) in [5, 5.41) is 11.9. The largest absolute Gasteiger partial charge is 0.395 e. The molecule has 72 valence electrons. The fourth-order valence-corrected chi connectivity index (χ4v) is 0.454. The maximum atomic E-state index is 11.0. The lowest BCUT2D eigenvalue weighted by Crippen LogP contribution is -1.98. The lowest BCUT2D eigenvalue weighted by atomic mass is 10.3. The van der Waals surface area contributed by atoms with Crippen LogP contribution in [-0.4, -0.2) is 30.0 Å². The van der Waals surface area contributed by atoms with Gasteiger partial charge in [-0.1, -0.05) is 5.16 Å². The van der Waals surface area contributed by atoms with Crippen molar-refractivity contribution in [2.45, 2.75) is 26.2 Å². The molecular formula is C7H13F2NO2. The van der Waals surface area contributed by atoms with Crippen LogP contribution in [0.3, 0.4) is 0 Å². The summed E-state index contributed by atoms with van der Waals surface area (Å²) in [4.78, 5) is 4.58. The third kappa shape index (κ3) is 9.29. The second kappa shape index (κ2) is 5.03. The Labute approximate surface area is 70.0 Å². The maximum Gasteiger partial charge on any atom is 0.242 e. The summed E-state index contributed by atoms with van der Waals surface area (Å²) in [6, 6.07) is 0. The number of aliphatic hydroxyl groups excluding tert-OH is 1. The van der Waals surface area contributed by atoms with E-state index in [-0.39, 0.29) is 6.61 Å².